The molecule has 1 aromatic rings. The standard InChI is InChI=1S/C19H29N3O3/c1-4-19(2,15-7-5-6-8-16(15)25-3)10-11-21-18(24)22-13-9-17(23)20-12-14-22/h5-8H,4,9-14H2,1-3H3,(H,20,23)(H,21,24)/t19-/m0/s1. The Hall–Kier alpha value is -2.24. The van der Waals surface area contributed by atoms with Crippen LogP contribution in [-0.2, 0) is 10.2 Å². The van der Waals surface area contributed by atoms with Gasteiger partial charge in [0.15, 0.2) is 0 Å². The summed E-state index contributed by atoms with van der Waals surface area (Å²) in [6.45, 7) is 6.47. The molecule has 25 heavy (non-hydrogen) atoms. The second-order valence-electron chi connectivity index (χ2n) is 6.68. The summed E-state index contributed by atoms with van der Waals surface area (Å²) in [5.41, 5.74) is 1.09. The zero-order valence-electron chi connectivity index (χ0n) is 15.4. The Bertz CT molecular complexity index is 605. The number of amides is 3. The molecule has 3 amide bonds. The Balaban J connectivity index is 1.94. The molecule has 1 aliphatic rings. The van der Waals surface area contributed by atoms with Crippen molar-refractivity contribution in [2.75, 3.05) is 33.3 Å². The molecule has 2 rings (SSSR count). The fourth-order valence-electron chi connectivity index (χ4n) is 3.17. The molecule has 0 spiro atoms. The van der Waals surface area contributed by atoms with Gasteiger partial charge in [0.1, 0.15) is 5.75 Å². The monoisotopic (exact) mass is 347 g/mol. The van der Waals surface area contributed by atoms with Crippen LogP contribution in [0.2, 0.25) is 0 Å². The highest BCUT2D eigenvalue weighted by Crippen LogP contribution is 2.36. The van der Waals surface area contributed by atoms with Gasteiger partial charge in [0, 0.05) is 38.2 Å². The van der Waals surface area contributed by atoms with Crippen molar-refractivity contribution >= 4 is 11.9 Å². The van der Waals surface area contributed by atoms with Crippen LogP contribution in [0.5, 0.6) is 5.75 Å². The van der Waals surface area contributed by atoms with Crippen LogP contribution in [0.15, 0.2) is 24.3 Å². The lowest BCUT2D eigenvalue weighted by Crippen LogP contribution is -2.43. The summed E-state index contributed by atoms with van der Waals surface area (Å²) in [6.07, 6.45) is 2.13. The molecule has 0 radical (unpaired) electrons. The van der Waals surface area contributed by atoms with Crippen molar-refractivity contribution < 1.29 is 14.3 Å². The number of benzene rings is 1. The number of urea groups is 1. The van der Waals surface area contributed by atoms with E-state index in [2.05, 4.69) is 30.5 Å². The summed E-state index contributed by atoms with van der Waals surface area (Å²) >= 11 is 0. The highest BCUT2D eigenvalue weighted by molar-refractivity contribution is 5.79. The summed E-state index contributed by atoms with van der Waals surface area (Å²) in [7, 11) is 1.69. The SMILES string of the molecule is CC[C@@](C)(CCNC(=O)N1CCNC(=O)CC1)c1ccccc1OC. The van der Waals surface area contributed by atoms with E-state index in [0.717, 1.165) is 18.6 Å². The largest absolute Gasteiger partial charge is 0.496 e. The number of carbonyl (C=O) groups is 2. The third-order valence-electron chi connectivity index (χ3n) is 5.09. The number of hydrogen-bond acceptors (Lipinski definition) is 3. The molecule has 0 aromatic heterocycles. The van der Waals surface area contributed by atoms with Crippen molar-refractivity contribution in [3.05, 3.63) is 29.8 Å². The molecule has 0 saturated carbocycles. The molecule has 1 fully saturated rings. The van der Waals surface area contributed by atoms with Gasteiger partial charge >= 0.3 is 6.03 Å². The predicted octanol–water partition coefficient (Wildman–Crippen LogP) is 2.28. The molecule has 0 aliphatic carbocycles. The Morgan fingerprint density at radius 1 is 1.36 bits per heavy atom. The maximum Gasteiger partial charge on any atom is 0.317 e. The van der Waals surface area contributed by atoms with Gasteiger partial charge < -0.3 is 20.3 Å². The smallest absolute Gasteiger partial charge is 0.317 e. The summed E-state index contributed by atoms with van der Waals surface area (Å²) in [4.78, 5) is 25.4. The number of hydrogen-bond donors (Lipinski definition) is 2. The summed E-state index contributed by atoms with van der Waals surface area (Å²) in [6, 6.07) is 7.95. The average Bonchev–Trinajstić information content (AvgIpc) is 2.86. The summed E-state index contributed by atoms with van der Waals surface area (Å²) in [5.74, 6) is 0.889. The van der Waals surface area contributed by atoms with Gasteiger partial charge in [-0.3, -0.25) is 4.79 Å². The molecule has 0 unspecified atom stereocenters. The lowest BCUT2D eigenvalue weighted by molar-refractivity contribution is -0.120. The van der Waals surface area contributed by atoms with E-state index in [1.807, 2.05) is 18.2 Å². The number of methoxy groups -OCH3 is 1. The fourth-order valence-corrected chi connectivity index (χ4v) is 3.17. The first-order valence-electron chi connectivity index (χ1n) is 8.93. The number of para-hydroxylation sites is 1. The van der Waals surface area contributed by atoms with Crippen LogP contribution >= 0.6 is 0 Å². The van der Waals surface area contributed by atoms with E-state index in [4.69, 9.17) is 4.74 Å². The van der Waals surface area contributed by atoms with Crippen LogP contribution in [0.1, 0.15) is 38.7 Å². The number of nitrogens with one attached hydrogen (secondary N) is 2. The number of rotatable bonds is 6. The van der Waals surface area contributed by atoms with Crippen molar-refractivity contribution in [3.8, 4) is 5.75 Å². The van der Waals surface area contributed by atoms with Gasteiger partial charge in [-0.05, 0) is 24.3 Å². The van der Waals surface area contributed by atoms with Crippen molar-refractivity contribution in [1.29, 1.82) is 0 Å². The molecule has 6 nitrogen and oxygen atoms in total. The highest BCUT2D eigenvalue weighted by atomic mass is 16.5. The molecule has 2 N–H and O–H groups in total. The molecule has 1 aromatic carbocycles. The number of ether oxygens (including phenoxy) is 1. The van der Waals surface area contributed by atoms with Crippen LogP contribution in [-0.4, -0.2) is 50.1 Å². The van der Waals surface area contributed by atoms with Crippen molar-refractivity contribution in [3.63, 3.8) is 0 Å². The van der Waals surface area contributed by atoms with E-state index in [-0.39, 0.29) is 17.4 Å². The molecule has 138 valence electrons. The van der Waals surface area contributed by atoms with Gasteiger partial charge in [0.2, 0.25) is 5.91 Å². The second kappa shape index (κ2) is 8.74. The van der Waals surface area contributed by atoms with Crippen LogP contribution < -0.4 is 15.4 Å². The molecule has 1 saturated heterocycles. The minimum Gasteiger partial charge on any atom is -0.496 e. The summed E-state index contributed by atoms with van der Waals surface area (Å²) < 4.78 is 5.51. The van der Waals surface area contributed by atoms with Crippen LogP contribution in [0.4, 0.5) is 4.79 Å². The lowest BCUT2D eigenvalue weighted by atomic mass is 9.77. The normalized spacial score (nSPS) is 17.2. The van der Waals surface area contributed by atoms with Gasteiger partial charge in [-0.25, -0.2) is 4.79 Å². The minimum absolute atomic E-state index is 0.00466. The Labute approximate surface area is 149 Å². The number of carbonyl (C=O) groups excluding carboxylic acids is 2. The zero-order valence-corrected chi connectivity index (χ0v) is 15.4. The van der Waals surface area contributed by atoms with Crippen molar-refractivity contribution in [1.82, 2.24) is 15.5 Å². The Morgan fingerprint density at radius 2 is 2.12 bits per heavy atom. The first-order valence-corrected chi connectivity index (χ1v) is 8.93. The average molecular weight is 347 g/mol. The van der Waals surface area contributed by atoms with Gasteiger partial charge in [-0.15, -0.1) is 0 Å². The van der Waals surface area contributed by atoms with Crippen molar-refractivity contribution in [2.24, 2.45) is 0 Å². The minimum atomic E-state index is -0.102. The third kappa shape index (κ3) is 4.87. The van der Waals surface area contributed by atoms with Gasteiger partial charge in [0.05, 0.1) is 7.11 Å². The molecule has 6 heteroatoms. The molecule has 1 atom stereocenters. The topological polar surface area (TPSA) is 70.7 Å². The molecule has 0 bridgehead atoms. The van der Waals surface area contributed by atoms with E-state index < -0.39 is 0 Å². The predicted molar refractivity (Wildman–Crippen MR) is 97.9 cm³/mol. The van der Waals surface area contributed by atoms with Crippen LogP contribution in [0, 0.1) is 0 Å². The van der Waals surface area contributed by atoms with E-state index >= 15 is 0 Å². The molecule has 1 aliphatic heterocycles. The van der Waals surface area contributed by atoms with E-state index in [1.165, 1.54) is 5.56 Å². The lowest BCUT2D eigenvalue weighted by Gasteiger charge is -2.31. The maximum atomic E-state index is 12.3. The fraction of sp³-hybridized carbons (Fsp3) is 0.579. The maximum absolute atomic E-state index is 12.3. The Kier molecular flexibility index (Phi) is 6.67. The molecular formula is C19H29N3O3. The van der Waals surface area contributed by atoms with Gasteiger partial charge in [-0.1, -0.05) is 32.0 Å². The van der Waals surface area contributed by atoms with E-state index in [0.29, 0.717) is 32.6 Å². The molecular weight excluding hydrogens is 318 g/mol. The van der Waals surface area contributed by atoms with E-state index in [1.54, 1.807) is 12.0 Å². The first-order chi connectivity index (χ1) is 12.0. The Morgan fingerprint density at radius 3 is 2.84 bits per heavy atom. The van der Waals surface area contributed by atoms with Crippen LogP contribution in [0.3, 0.4) is 0 Å². The summed E-state index contributed by atoms with van der Waals surface area (Å²) in [5, 5.41) is 5.78. The van der Waals surface area contributed by atoms with E-state index in [9.17, 15) is 9.59 Å². The van der Waals surface area contributed by atoms with Crippen molar-refractivity contribution in [2.45, 2.75) is 38.5 Å². The molecule has 1 heterocycles. The quantitative estimate of drug-likeness (QED) is 0.829. The number of nitrogens with zero attached hydrogens (tertiary/aromatic N) is 1. The second-order valence-corrected chi connectivity index (χ2v) is 6.68. The third-order valence-corrected chi connectivity index (χ3v) is 5.09. The van der Waals surface area contributed by atoms with Gasteiger partial charge in [0.25, 0.3) is 0 Å². The van der Waals surface area contributed by atoms with Gasteiger partial charge in [-0.2, -0.15) is 0 Å². The highest BCUT2D eigenvalue weighted by Gasteiger charge is 2.28. The van der Waals surface area contributed by atoms with Crippen LogP contribution in [0.25, 0.3) is 0 Å². The first kappa shape index (κ1) is 19.1. The zero-order chi connectivity index (χ0) is 18.3.